The second kappa shape index (κ2) is 3.77. The molecule has 0 radical (unpaired) electrons. The summed E-state index contributed by atoms with van der Waals surface area (Å²) in [5.41, 5.74) is 3.78. The van der Waals surface area contributed by atoms with E-state index in [2.05, 4.69) is 26.8 Å². The predicted octanol–water partition coefficient (Wildman–Crippen LogP) is 4.07. The van der Waals surface area contributed by atoms with Crippen LogP contribution in [0.1, 0.15) is 25.0 Å². The monoisotopic (exact) mass is 180 g/mol. The summed E-state index contributed by atoms with van der Waals surface area (Å²) in [5, 5.41) is 0.804. The smallest absolute Gasteiger partial charge is 0.0409 e. The van der Waals surface area contributed by atoms with Crippen LogP contribution >= 0.6 is 11.6 Å². The van der Waals surface area contributed by atoms with E-state index in [1.54, 1.807) is 0 Å². The molecule has 0 saturated heterocycles. The summed E-state index contributed by atoms with van der Waals surface area (Å²) in [5.74, 6) is 0. The summed E-state index contributed by atoms with van der Waals surface area (Å²) >= 11 is 5.83. The van der Waals surface area contributed by atoms with E-state index in [0.29, 0.717) is 0 Å². The van der Waals surface area contributed by atoms with Crippen LogP contribution in [-0.4, -0.2) is 0 Å². The Morgan fingerprint density at radius 2 is 2.00 bits per heavy atom. The first-order chi connectivity index (χ1) is 5.59. The minimum Gasteiger partial charge on any atom is -0.0843 e. The maximum absolute atomic E-state index is 5.83. The van der Waals surface area contributed by atoms with Crippen LogP contribution in [0.15, 0.2) is 23.8 Å². The van der Waals surface area contributed by atoms with Gasteiger partial charge in [-0.15, -0.1) is 0 Å². The van der Waals surface area contributed by atoms with Crippen molar-refractivity contribution in [3.05, 3.63) is 39.9 Å². The Morgan fingerprint density at radius 1 is 1.33 bits per heavy atom. The van der Waals surface area contributed by atoms with Crippen LogP contribution in [0.4, 0.5) is 0 Å². The Kier molecular flexibility index (Phi) is 2.93. The van der Waals surface area contributed by atoms with Crippen molar-refractivity contribution in [2.24, 2.45) is 0 Å². The molecule has 1 rings (SSSR count). The van der Waals surface area contributed by atoms with E-state index in [4.69, 9.17) is 11.6 Å². The van der Waals surface area contributed by atoms with Crippen molar-refractivity contribution in [2.75, 3.05) is 0 Å². The first-order valence-electron chi connectivity index (χ1n) is 4.00. The van der Waals surface area contributed by atoms with Crippen LogP contribution < -0.4 is 0 Å². The van der Waals surface area contributed by atoms with Crippen molar-refractivity contribution < 1.29 is 0 Å². The summed E-state index contributed by atoms with van der Waals surface area (Å²) in [7, 11) is 0. The molecule has 0 amide bonds. The van der Waals surface area contributed by atoms with Gasteiger partial charge >= 0.3 is 0 Å². The fraction of sp³-hybridized carbons (Fsp3) is 0.273. The van der Waals surface area contributed by atoms with E-state index in [0.717, 1.165) is 5.02 Å². The number of allylic oxidation sites excluding steroid dienone is 1. The normalized spacial score (nSPS) is 9.67. The number of hydrogen-bond donors (Lipinski definition) is 0. The molecule has 0 aromatic heterocycles. The largest absolute Gasteiger partial charge is 0.0843 e. The highest BCUT2D eigenvalue weighted by Crippen LogP contribution is 2.17. The molecular weight excluding hydrogens is 168 g/mol. The molecule has 0 unspecified atom stereocenters. The van der Waals surface area contributed by atoms with Gasteiger partial charge in [0, 0.05) is 5.02 Å². The first kappa shape index (κ1) is 9.34. The number of benzene rings is 1. The number of rotatable bonds is 1. The second-order valence-electron chi connectivity index (χ2n) is 3.22. The highest BCUT2D eigenvalue weighted by Gasteiger charge is 1.94. The molecule has 0 aliphatic rings. The molecule has 12 heavy (non-hydrogen) atoms. The van der Waals surface area contributed by atoms with Crippen LogP contribution in [0.3, 0.4) is 0 Å². The zero-order chi connectivity index (χ0) is 9.14. The summed E-state index contributed by atoms with van der Waals surface area (Å²) in [6, 6.07) is 5.95. The molecule has 1 heteroatoms. The Hall–Kier alpha value is -0.750. The van der Waals surface area contributed by atoms with Gasteiger partial charge in [-0.2, -0.15) is 0 Å². The highest BCUT2D eigenvalue weighted by molar-refractivity contribution is 6.30. The Labute approximate surface area is 78.9 Å². The molecule has 0 aliphatic carbocycles. The van der Waals surface area contributed by atoms with Gasteiger partial charge in [0.2, 0.25) is 0 Å². The first-order valence-corrected chi connectivity index (χ1v) is 4.38. The van der Waals surface area contributed by atoms with Gasteiger partial charge in [-0.3, -0.25) is 0 Å². The van der Waals surface area contributed by atoms with Gasteiger partial charge in [-0.1, -0.05) is 29.3 Å². The maximum atomic E-state index is 5.83. The maximum Gasteiger partial charge on any atom is 0.0409 e. The quantitative estimate of drug-likeness (QED) is 0.611. The Balaban J connectivity index is 3.10. The SMILES string of the molecule is CC(C)=Cc1ccc(Cl)cc1C. The Bertz CT molecular complexity index is 307. The summed E-state index contributed by atoms with van der Waals surface area (Å²) in [6.45, 7) is 6.25. The van der Waals surface area contributed by atoms with E-state index >= 15 is 0 Å². The lowest BCUT2D eigenvalue weighted by molar-refractivity contribution is 1.39. The summed E-state index contributed by atoms with van der Waals surface area (Å²) in [6.07, 6.45) is 2.16. The molecule has 0 nitrogen and oxygen atoms in total. The van der Waals surface area contributed by atoms with E-state index in [1.165, 1.54) is 16.7 Å². The van der Waals surface area contributed by atoms with Crippen LogP contribution in [0, 0.1) is 6.92 Å². The third kappa shape index (κ3) is 2.38. The molecule has 0 atom stereocenters. The van der Waals surface area contributed by atoms with E-state index in [9.17, 15) is 0 Å². The van der Waals surface area contributed by atoms with Crippen molar-refractivity contribution in [1.29, 1.82) is 0 Å². The molecule has 0 saturated carbocycles. The molecule has 0 spiro atoms. The lowest BCUT2D eigenvalue weighted by Crippen LogP contribution is -1.80. The number of hydrogen-bond acceptors (Lipinski definition) is 0. The van der Waals surface area contributed by atoms with Gasteiger partial charge in [0.15, 0.2) is 0 Å². The van der Waals surface area contributed by atoms with E-state index in [-0.39, 0.29) is 0 Å². The Morgan fingerprint density at radius 3 is 2.50 bits per heavy atom. The average Bonchev–Trinajstić information content (AvgIpc) is 1.94. The van der Waals surface area contributed by atoms with Gasteiger partial charge in [0.1, 0.15) is 0 Å². The van der Waals surface area contributed by atoms with Gasteiger partial charge in [-0.25, -0.2) is 0 Å². The molecule has 64 valence electrons. The van der Waals surface area contributed by atoms with Gasteiger partial charge in [0.25, 0.3) is 0 Å². The molecule has 1 aromatic carbocycles. The molecule has 0 bridgehead atoms. The third-order valence-corrected chi connectivity index (χ3v) is 1.91. The molecule has 0 aliphatic heterocycles. The molecule has 0 N–H and O–H groups in total. The summed E-state index contributed by atoms with van der Waals surface area (Å²) < 4.78 is 0. The predicted molar refractivity (Wildman–Crippen MR) is 55.5 cm³/mol. The molecule has 0 fully saturated rings. The third-order valence-electron chi connectivity index (χ3n) is 1.68. The topological polar surface area (TPSA) is 0 Å². The number of halogens is 1. The molecule has 1 aromatic rings. The zero-order valence-electron chi connectivity index (χ0n) is 7.69. The average molecular weight is 181 g/mol. The van der Waals surface area contributed by atoms with Crippen LogP contribution in [0.2, 0.25) is 5.02 Å². The fourth-order valence-electron chi connectivity index (χ4n) is 1.11. The zero-order valence-corrected chi connectivity index (χ0v) is 8.44. The van der Waals surface area contributed by atoms with Gasteiger partial charge < -0.3 is 0 Å². The lowest BCUT2D eigenvalue weighted by atomic mass is 10.1. The minimum absolute atomic E-state index is 0.804. The van der Waals surface area contributed by atoms with Crippen molar-refractivity contribution in [3.8, 4) is 0 Å². The van der Waals surface area contributed by atoms with Crippen molar-refractivity contribution in [1.82, 2.24) is 0 Å². The van der Waals surface area contributed by atoms with Crippen molar-refractivity contribution >= 4 is 17.7 Å². The second-order valence-corrected chi connectivity index (χ2v) is 3.66. The van der Waals surface area contributed by atoms with Crippen LogP contribution in [0.5, 0.6) is 0 Å². The van der Waals surface area contributed by atoms with Crippen LogP contribution in [-0.2, 0) is 0 Å². The summed E-state index contributed by atoms with van der Waals surface area (Å²) in [4.78, 5) is 0. The van der Waals surface area contributed by atoms with Gasteiger partial charge in [-0.05, 0) is 44.0 Å². The minimum atomic E-state index is 0.804. The van der Waals surface area contributed by atoms with Crippen molar-refractivity contribution in [2.45, 2.75) is 20.8 Å². The van der Waals surface area contributed by atoms with E-state index < -0.39 is 0 Å². The molecular formula is C11H13Cl. The van der Waals surface area contributed by atoms with Gasteiger partial charge in [0.05, 0.1) is 0 Å². The van der Waals surface area contributed by atoms with Crippen molar-refractivity contribution in [3.63, 3.8) is 0 Å². The standard InChI is InChI=1S/C11H13Cl/c1-8(2)6-10-4-5-11(12)7-9(10)3/h4-7H,1-3H3. The van der Waals surface area contributed by atoms with E-state index in [1.807, 2.05) is 18.2 Å². The highest BCUT2D eigenvalue weighted by atomic mass is 35.5. The lowest BCUT2D eigenvalue weighted by Gasteiger charge is -2.01. The number of aryl methyl sites for hydroxylation is 1. The molecule has 0 heterocycles. The fourth-order valence-corrected chi connectivity index (χ4v) is 1.34. The van der Waals surface area contributed by atoms with Crippen LogP contribution in [0.25, 0.3) is 6.08 Å².